The van der Waals surface area contributed by atoms with Crippen LogP contribution in [0.2, 0.25) is 0 Å². The minimum Gasteiger partial charge on any atom is -0.481 e. The molecule has 5 nitrogen and oxygen atoms in total. The largest absolute Gasteiger partial charge is 0.481 e. The first-order valence-corrected chi connectivity index (χ1v) is 4.78. The van der Waals surface area contributed by atoms with E-state index in [0.717, 1.165) is 0 Å². The number of piperidine rings is 2. The summed E-state index contributed by atoms with van der Waals surface area (Å²) in [7, 11) is 0. The lowest BCUT2D eigenvalue weighted by Crippen LogP contribution is -2.58. The van der Waals surface area contributed by atoms with Crippen molar-refractivity contribution in [3.05, 3.63) is 0 Å². The predicted octanol–water partition coefficient (Wildman–Crippen LogP) is 0.994. The number of carbonyl (C=O) groups is 2. The summed E-state index contributed by atoms with van der Waals surface area (Å²) in [5, 5.41) is 18.0. The van der Waals surface area contributed by atoms with Gasteiger partial charge >= 0.3 is 12.1 Å². The van der Waals surface area contributed by atoms with Crippen molar-refractivity contribution >= 4 is 12.1 Å². The van der Waals surface area contributed by atoms with E-state index in [1.165, 1.54) is 4.90 Å². The maximum atomic E-state index is 11.1. The summed E-state index contributed by atoms with van der Waals surface area (Å²) >= 11 is 0. The van der Waals surface area contributed by atoms with Gasteiger partial charge in [0, 0.05) is 12.6 Å². The Balaban J connectivity index is 2.23. The first-order valence-electron chi connectivity index (χ1n) is 4.78. The highest BCUT2D eigenvalue weighted by atomic mass is 16.4. The molecule has 0 spiro atoms. The quantitative estimate of drug-likeness (QED) is 0.660. The molecule has 1 saturated carbocycles. The number of carboxylic acid groups (broad SMARTS) is 2. The number of aliphatic carboxylic acids is 1. The molecule has 1 amide bonds. The van der Waals surface area contributed by atoms with Gasteiger partial charge in [0.1, 0.15) is 0 Å². The van der Waals surface area contributed by atoms with Crippen molar-refractivity contribution in [2.45, 2.75) is 31.7 Å². The van der Waals surface area contributed by atoms with Crippen LogP contribution >= 0.6 is 0 Å². The zero-order chi connectivity index (χ0) is 10.3. The summed E-state index contributed by atoms with van der Waals surface area (Å²) in [6, 6.07) is 0.0497. The van der Waals surface area contributed by atoms with Crippen molar-refractivity contribution in [3.8, 4) is 0 Å². The van der Waals surface area contributed by atoms with E-state index >= 15 is 0 Å². The van der Waals surface area contributed by atoms with Gasteiger partial charge in [0.2, 0.25) is 0 Å². The van der Waals surface area contributed by atoms with E-state index in [1.54, 1.807) is 0 Å². The molecule has 14 heavy (non-hydrogen) atoms. The Morgan fingerprint density at radius 3 is 2.21 bits per heavy atom. The molecule has 3 aliphatic rings. The molecule has 78 valence electrons. The van der Waals surface area contributed by atoms with Gasteiger partial charge in [0.15, 0.2) is 0 Å². The minimum absolute atomic E-state index is 0.0497. The van der Waals surface area contributed by atoms with Crippen LogP contribution in [0.3, 0.4) is 0 Å². The fourth-order valence-corrected chi connectivity index (χ4v) is 2.59. The van der Waals surface area contributed by atoms with Crippen molar-refractivity contribution < 1.29 is 19.8 Å². The van der Waals surface area contributed by atoms with Crippen LogP contribution in [0.1, 0.15) is 25.7 Å². The smallest absolute Gasteiger partial charge is 0.407 e. The Hall–Kier alpha value is -1.26. The predicted molar refractivity (Wildman–Crippen MR) is 47.1 cm³/mol. The molecular formula is C9H13NO4. The SMILES string of the molecule is O=C(O)N1CC2(C(=O)O)CCC1CC2. The molecule has 0 atom stereocenters. The van der Waals surface area contributed by atoms with Gasteiger partial charge in [-0.05, 0) is 25.7 Å². The first kappa shape index (κ1) is 9.30. The number of hydrogen-bond acceptors (Lipinski definition) is 2. The van der Waals surface area contributed by atoms with Gasteiger partial charge in [0.25, 0.3) is 0 Å². The fraction of sp³-hybridized carbons (Fsp3) is 0.778. The Morgan fingerprint density at radius 2 is 1.79 bits per heavy atom. The second-order valence-corrected chi connectivity index (χ2v) is 4.23. The third-order valence-corrected chi connectivity index (χ3v) is 3.53. The molecule has 0 unspecified atom stereocenters. The van der Waals surface area contributed by atoms with Gasteiger partial charge in [-0.15, -0.1) is 0 Å². The molecule has 0 aromatic heterocycles. The molecule has 2 saturated heterocycles. The molecule has 0 aromatic rings. The van der Waals surface area contributed by atoms with Crippen LogP contribution in [0.4, 0.5) is 4.79 Å². The molecule has 5 heteroatoms. The van der Waals surface area contributed by atoms with Crippen molar-refractivity contribution in [1.82, 2.24) is 4.90 Å². The van der Waals surface area contributed by atoms with Crippen LogP contribution in [0.15, 0.2) is 0 Å². The maximum Gasteiger partial charge on any atom is 0.407 e. The number of carboxylic acids is 1. The van der Waals surface area contributed by atoms with Crippen LogP contribution in [0, 0.1) is 5.41 Å². The summed E-state index contributed by atoms with van der Waals surface area (Å²) in [5.41, 5.74) is -0.798. The first-order chi connectivity index (χ1) is 6.55. The molecule has 3 rings (SSSR count). The van der Waals surface area contributed by atoms with Crippen LogP contribution in [0.25, 0.3) is 0 Å². The van der Waals surface area contributed by atoms with Crippen molar-refractivity contribution in [1.29, 1.82) is 0 Å². The number of nitrogens with zero attached hydrogens (tertiary/aromatic N) is 1. The molecule has 0 aromatic carbocycles. The molecule has 2 N–H and O–H groups in total. The zero-order valence-electron chi connectivity index (χ0n) is 7.77. The highest BCUT2D eigenvalue weighted by molar-refractivity contribution is 5.77. The van der Waals surface area contributed by atoms with Gasteiger partial charge in [0.05, 0.1) is 5.41 Å². The van der Waals surface area contributed by atoms with Crippen molar-refractivity contribution in [2.75, 3.05) is 6.54 Å². The molecule has 3 fully saturated rings. The van der Waals surface area contributed by atoms with Crippen LogP contribution < -0.4 is 0 Å². The maximum absolute atomic E-state index is 11.1. The molecule has 2 bridgehead atoms. The normalized spacial score (nSPS) is 35.7. The average Bonchev–Trinajstić information content (AvgIpc) is 2.19. The topological polar surface area (TPSA) is 77.8 Å². The van der Waals surface area contributed by atoms with Crippen LogP contribution in [-0.4, -0.2) is 39.8 Å². The lowest BCUT2D eigenvalue weighted by atomic mass is 9.68. The second-order valence-electron chi connectivity index (χ2n) is 4.23. The van der Waals surface area contributed by atoms with E-state index in [4.69, 9.17) is 10.2 Å². The summed E-state index contributed by atoms with van der Waals surface area (Å²) < 4.78 is 0. The highest BCUT2D eigenvalue weighted by Crippen LogP contribution is 2.44. The molecular weight excluding hydrogens is 186 g/mol. The van der Waals surface area contributed by atoms with E-state index in [0.29, 0.717) is 25.7 Å². The van der Waals surface area contributed by atoms with Gasteiger partial charge in [-0.3, -0.25) is 4.79 Å². The van der Waals surface area contributed by atoms with E-state index in [1.807, 2.05) is 0 Å². The lowest BCUT2D eigenvalue weighted by molar-refractivity contribution is -0.157. The van der Waals surface area contributed by atoms with Gasteiger partial charge in [-0.2, -0.15) is 0 Å². The number of fused-ring (bicyclic) bond motifs is 3. The monoisotopic (exact) mass is 199 g/mol. The Morgan fingerprint density at radius 1 is 1.21 bits per heavy atom. The van der Waals surface area contributed by atoms with Gasteiger partial charge in [-0.1, -0.05) is 0 Å². The third-order valence-electron chi connectivity index (χ3n) is 3.53. The van der Waals surface area contributed by atoms with Crippen molar-refractivity contribution in [3.63, 3.8) is 0 Å². The third kappa shape index (κ3) is 1.15. The van der Waals surface area contributed by atoms with Gasteiger partial charge in [-0.25, -0.2) is 4.79 Å². The lowest BCUT2D eigenvalue weighted by Gasteiger charge is -2.49. The van der Waals surface area contributed by atoms with E-state index in [2.05, 4.69) is 0 Å². The summed E-state index contributed by atoms with van der Waals surface area (Å²) in [6.45, 7) is 0.169. The van der Waals surface area contributed by atoms with E-state index in [-0.39, 0.29) is 12.6 Å². The Labute approximate surface area is 81.3 Å². The standard InChI is InChI=1S/C9H13NO4/c11-7(12)9-3-1-6(2-4-9)10(5-9)8(13)14/h6H,1-5H2,(H,11,12)(H,13,14). The minimum atomic E-state index is -0.986. The molecule has 0 radical (unpaired) electrons. The summed E-state index contributed by atoms with van der Waals surface area (Å²) in [5.74, 6) is -0.845. The average molecular weight is 199 g/mol. The number of amides is 1. The van der Waals surface area contributed by atoms with Crippen LogP contribution in [-0.2, 0) is 4.79 Å². The highest BCUT2D eigenvalue weighted by Gasteiger charge is 2.51. The second kappa shape index (κ2) is 2.87. The summed E-state index contributed by atoms with van der Waals surface area (Å²) in [6.07, 6.45) is 1.64. The van der Waals surface area contributed by atoms with E-state index < -0.39 is 17.5 Å². The van der Waals surface area contributed by atoms with Crippen LogP contribution in [0.5, 0.6) is 0 Å². The van der Waals surface area contributed by atoms with Crippen molar-refractivity contribution in [2.24, 2.45) is 5.41 Å². The molecule has 2 aliphatic heterocycles. The summed E-state index contributed by atoms with van der Waals surface area (Å²) in [4.78, 5) is 23.2. The molecule has 2 heterocycles. The Bertz CT molecular complexity index is 281. The zero-order valence-corrected chi connectivity index (χ0v) is 7.77. The fourth-order valence-electron chi connectivity index (χ4n) is 2.59. The number of rotatable bonds is 1. The van der Waals surface area contributed by atoms with E-state index in [9.17, 15) is 9.59 Å². The Kier molecular flexibility index (Phi) is 1.90. The molecule has 1 aliphatic carbocycles. The van der Waals surface area contributed by atoms with Gasteiger partial charge < -0.3 is 15.1 Å². The number of hydrogen-bond donors (Lipinski definition) is 2.